The Kier molecular flexibility index (Phi) is 2.67. The molecule has 0 bridgehead atoms. The van der Waals surface area contributed by atoms with Gasteiger partial charge < -0.3 is 0 Å². The second-order valence-electron chi connectivity index (χ2n) is 4.71. The Morgan fingerprint density at radius 1 is 0.947 bits per heavy atom. The largest absolute Gasteiger partial charge is 0.272 e. The topological polar surface area (TPSA) is 45.8 Å². The van der Waals surface area contributed by atoms with E-state index in [1.807, 2.05) is 56.3 Å². The van der Waals surface area contributed by atoms with Crippen LogP contribution in [0.25, 0.3) is 22.0 Å². The molecular weight excluding hydrogens is 236 g/mol. The molecule has 0 aliphatic heterocycles. The maximum Gasteiger partial charge on any atom is 0.272 e. The molecule has 0 saturated carbocycles. The summed E-state index contributed by atoms with van der Waals surface area (Å²) in [5.74, 6) is 0. The van der Waals surface area contributed by atoms with Crippen molar-refractivity contribution < 1.29 is 0 Å². The van der Waals surface area contributed by atoms with Crippen LogP contribution in [0, 0.1) is 13.8 Å². The number of nitrogens with zero attached hydrogens (tertiary/aromatic N) is 1. The van der Waals surface area contributed by atoms with Crippen LogP contribution in [0.1, 0.15) is 11.1 Å². The molecule has 1 aromatic heterocycles. The summed E-state index contributed by atoms with van der Waals surface area (Å²) in [6, 6.07) is 13.9. The van der Waals surface area contributed by atoms with E-state index in [4.69, 9.17) is 0 Å². The molecular formula is C16H14N2O. The van der Waals surface area contributed by atoms with E-state index >= 15 is 0 Å². The van der Waals surface area contributed by atoms with Gasteiger partial charge in [0.05, 0.1) is 11.1 Å². The first-order valence-electron chi connectivity index (χ1n) is 6.22. The highest BCUT2D eigenvalue weighted by Crippen LogP contribution is 2.27. The van der Waals surface area contributed by atoms with Gasteiger partial charge in [-0.1, -0.05) is 42.5 Å². The number of hydrogen-bond acceptors (Lipinski definition) is 2. The Labute approximate surface area is 110 Å². The van der Waals surface area contributed by atoms with Crippen molar-refractivity contribution in [3.8, 4) is 11.3 Å². The van der Waals surface area contributed by atoms with Gasteiger partial charge in [0.25, 0.3) is 5.56 Å². The molecule has 19 heavy (non-hydrogen) atoms. The molecule has 0 saturated heterocycles. The molecule has 3 aromatic rings. The minimum atomic E-state index is -0.134. The quantitative estimate of drug-likeness (QED) is 0.720. The fourth-order valence-electron chi connectivity index (χ4n) is 2.43. The van der Waals surface area contributed by atoms with Gasteiger partial charge in [-0.25, -0.2) is 5.10 Å². The molecule has 1 heterocycles. The highest BCUT2D eigenvalue weighted by molar-refractivity contribution is 5.96. The lowest BCUT2D eigenvalue weighted by Crippen LogP contribution is -2.11. The SMILES string of the molecule is Cc1ccccc1-c1n[nH]c(=O)c2c(C)cccc12. The van der Waals surface area contributed by atoms with Crippen molar-refractivity contribution in [2.75, 3.05) is 0 Å². The third-order valence-electron chi connectivity index (χ3n) is 3.42. The maximum atomic E-state index is 11.9. The van der Waals surface area contributed by atoms with Crippen molar-refractivity contribution in [3.63, 3.8) is 0 Å². The maximum absolute atomic E-state index is 11.9. The number of aromatic nitrogens is 2. The molecule has 94 valence electrons. The highest BCUT2D eigenvalue weighted by atomic mass is 16.1. The monoisotopic (exact) mass is 250 g/mol. The summed E-state index contributed by atoms with van der Waals surface area (Å²) >= 11 is 0. The van der Waals surface area contributed by atoms with Crippen molar-refractivity contribution in [1.29, 1.82) is 0 Å². The molecule has 2 aromatic carbocycles. The number of rotatable bonds is 1. The van der Waals surface area contributed by atoms with Crippen LogP contribution in [0.2, 0.25) is 0 Å². The molecule has 0 aliphatic carbocycles. The van der Waals surface area contributed by atoms with Crippen molar-refractivity contribution in [2.45, 2.75) is 13.8 Å². The number of aromatic amines is 1. The van der Waals surface area contributed by atoms with Crippen LogP contribution in [-0.4, -0.2) is 10.2 Å². The van der Waals surface area contributed by atoms with Crippen LogP contribution >= 0.6 is 0 Å². The lowest BCUT2D eigenvalue weighted by molar-refractivity contribution is 1.01. The molecule has 0 atom stereocenters. The van der Waals surface area contributed by atoms with Crippen LogP contribution in [0.15, 0.2) is 47.3 Å². The van der Waals surface area contributed by atoms with Crippen molar-refractivity contribution in [1.82, 2.24) is 10.2 Å². The van der Waals surface area contributed by atoms with E-state index in [9.17, 15) is 4.79 Å². The minimum Gasteiger partial charge on any atom is -0.267 e. The number of benzene rings is 2. The highest BCUT2D eigenvalue weighted by Gasteiger charge is 2.11. The van der Waals surface area contributed by atoms with E-state index in [0.29, 0.717) is 0 Å². The van der Waals surface area contributed by atoms with Crippen LogP contribution in [0.4, 0.5) is 0 Å². The number of hydrogen-bond donors (Lipinski definition) is 1. The van der Waals surface area contributed by atoms with Crippen molar-refractivity contribution in [2.24, 2.45) is 0 Å². The zero-order valence-electron chi connectivity index (χ0n) is 10.9. The third-order valence-corrected chi connectivity index (χ3v) is 3.42. The van der Waals surface area contributed by atoms with Gasteiger partial charge >= 0.3 is 0 Å². The van der Waals surface area contributed by atoms with E-state index in [1.165, 1.54) is 0 Å². The summed E-state index contributed by atoms with van der Waals surface area (Å²) in [7, 11) is 0. The lowest BCUT2D eigenvalue weighted by Gasteiger charge is -2.08. The molecule has 0 fully saturated rings. The summed E-state index contributed by atoms with van der Waals surface area (Å²) in [6.07, 6.45) is 0. The molecule has 0 aliphatic rings. The Balaban J connectivity index is 2.45. The first kappa shape index (κ1) is 11.7. The van der Waals surface area contributed by atoms with E-state index < -0.39 is 0 Å². The standard InChI is InChI=1S/C16H14N2O/c1-10-6-3-4-8-12(10)15-13-9-5-7-11(2)14(13)16(19)18-17-15/h3-9H,1-2H3,(H,18,19). The predicted molar refractivity (Wildman–Crippen MR) is 77.3 cm³/mol. The van der Waals surface area contributed by atoms with E-state index in [-0.39, 0.29) is 5.56 Å². The zero-order valence-corrected chi connectivity index (χ0v) is 10.9. The molecule has 1 N–H and O–H groups in total. The van der Waals surface area contributed by atoms with Gasteiger partial charge in [0.1, 0.15) is 0 Å². The second-order valence-corrected chi connectivity index (χ2v) is 4.71. The smallest absolute Gasteiger partial charge is 0.267 e. The van der Waals surface area contributed by atoms with Gasteiger partial charge in [-0.3, -0.25) is 4.79 Å². The lowest BCUT2D eigenvalue weighted by atomic mass is 9.99. The van der Waals surface area contributed by atoms with Crippen molar-refractivity contribution in [3.05, 3.63) is 63.9 Å². The van der Waals surface area contributed by atoms with Gasteiger partial charge in [0.2, 0.25) is 0 Å². The van der Waals surface area contributed by atoms with Crippen LogP contribution in [-0.2, 0) is 0 Å². The van der Waals surface area contributed by atoms with Crippen LogP contribution in [0.5, 0.6) is 0 Å². The number of nitrogens with one attached hydrogen (secondary N) is 1. The first-order chi connectivity index (χ1) is 9.18. The zero-order chi connectivity index (χ0) is 13.4. The molecule has 0 radical (unpaired) electrons. The molecule has 0 amide bonds. The van der Waals surface area contributed by atoms with Crippen molar-refractivity contribution >= 4 is 10.8 Å². The number of fused-ring (bicyclic) bond motifs is 1. The van der Waals surface area contributed by atoms with E-state index in [0.717, 1.165) is 33.2 Å². The van der Waals surface area contributed by atoms with E-state index in [1.54, 1.807) is 0 Å². The molecule has 0 unspecified atom stereocenters. The predicted octanol–water partition coefficient (Wildman–Crippen LogP) is 3.21. The van der Waals surface area contributed by atoms with Gasteiger partial charge in [-0.05, 0) is 25.0 Å². The van der Waals surface area contributed by atoms with Crippen LogP contribution in [0.3, 0.4) is 0 Å². The molecule has 3 rings (SSSR count). The molecule has 3 heteroatoms. The summed E-state index contributed by atoms with van der Waals surface area (Å²) in [4.78, 5) is 11.9. The van der Waals surface area contributed by atoms with Gasteiger partial charge in [-0.2, -0.15) is 5.10 Å². The third kappa shape index (κ3) is 1.83. The Hall–Kier alpha value is -2.42. The molecule has 0 spiro atoms. The minimum absolute atomic E-state index is 0.134. The number of aryl methyl sites for hydroxylation is 2. The van der Waals surface area contributed by atoms with Gasteiger partial charge in [-0.15, -0.1) is 0 Å². The average molecular weight is 250 g/mol. The average Bonchev–Trinajstić information content (AvgIpc) is 2.40. The summed E-state index contributed by atoms with van der Waals surface area (Å²) in [5, 5.41) is 8.46. The normalized spacial score (nSPS) is 10.8. The van der Waals surface area contributed by atoms with E-state index in [2.05, 4.69) is 10.2 Å². The first-order valence-corrected chi connectivity index (χ1v) is 6.22. The second kappa shape index (κ2) is 4.35. The summed E-state index contributed by atoms with van der Waals surface area (Å²) in [5.41, 5.74) is 3.86. The Bertz CT molecular complexity index is 818. The number of H-pyrrole nitrogens is 1. The van der Waals surface area contributed by atoms with Gasteiger partial charge in [0.15, 0.2) is 0 Å². The fraction of sp³-hybridized carbons (Fsp3) is 0.125. The van der Waals surface area contributed by atoms with Crippen LogP contribution < -0.4 is 5.56 Å². The Morgan fingerprint density at radius 3 is 2.47 bits per heavy atom. The summed E-state index contributed by atoms with van der Waals surface area (Å²) < 4.78 is 0. The fourth-order valence-corrected chi connectivity index (χ4v) is 2.43. The summed E-state index contributed by atoms with van der Waals surface area (Å²) in [6.45, 7) is 3.99. The molecule has 3 nitrogen and oxygen atoms in total. The van der Waals surface area contributed by atoms with Gasteiger partial charge in [0, 0.05) is 10.9 Å². The Morgan fingerprint density at radius 2 is 1.68 bits per heavy atom.